The third-order valence-corrected chi connectivity index (χ3v) is 4.16. The maximum atomic E-state index is 13.8. The van der Waals surface area contributed by atoms with Crippen LogP contribution in [-0.2, 0) is 12.0 Å². The van der Waals surface area contributed by atoms with E-state index in [1.165, 1.54) is 11.6 Å². The Morgan fingerprint density at radius 3 is 2.45 bits per heavy atom. The van der Waals surface area contributed by atoms with Crippen molar-refractivity contribution in [2.45, 2.75) is 32.8 Å². The molecule has 0 aliphatic carbocycles. The second-order valence-corrected chi connectivity index (χ2v) is 6.40. The van der Waals surface area contributed by atoms with Gasteiger partial charge in [0.05, 0.1) is 5.60 Å². The van der Waals surface area contributed by atoms with Crippen LogP contribution in [0.5, 0.6) is 0 Å². The number of hydrogen-bond donors (Lipinski definition) is 1. The van der Waals surface area contributed by atoms with E-state index in [0.29, 0.717) is 5.56 Å². The Balaban J connectivity index is 2.34. The van der Waals surface area contributed by atoms with Gasteiger partial charge in [0.1, 0.15) is 5.82 Å². The maximum Gasteiger partial charge on any atom is 0.126 e. The van der Waals surface area contributed by atoms with Crippen molar-refractivity contribution in [3.8, 4) is 0 Å². The monoisotopic (exact) mass is 336 g/mol. The number of benzene rings is 2. The van der Waals surface area contributed by atoms with Crippen molar-refractivity contribution in [1.82, 2.24) is 0 Å². The van der Waals surface area contributed by atoms with Crippen molar-refractivity contribution < 1.29 is 9.50 Å². The van der Waals surface area contributed by atoms with E-state index in [-0.39, 0.29) is 12.2 Å². The summed E-state index contributed by atoms with van der Waals surface area (Å²) in [5.41, 5.74) is 2.51. The lowest BCUT2D eigenvalue weighted by molar-refractivity contribution is 0.0566. The summed E-state index contributed by atoms with van der Waals surface area (Å²) >= 11 is 3.33. The molecule has 0 bridgehead atoms. The molecular weight excluding hydrogens is 319 g/mol. The van der Waals surface area contributed by atoms with Crippen LogP contribution in [0.1, 0.15) is 29.2 Å². The molecule has 0 fully saturated rings. The van der Waals surface area contributed by atoms with Crippen LogP contribution in [0.2, 0.25) is 0 Å². The van der Waals surface area contributed by atoms with E-state index < -0.39 is 5.60 Å². The van der Waals surface area contributed by atoms with Crippen LogP contribution in [-0.4, -0.2) is 5.11 Å². The molecule has 0 aliphatic heterocycles. The van der Waals surface area contributed by atoms with Crippen LogP contribution in [0.25, 0.3) is 0 Å². The van der Waals surface area contributed by atoms with Gasteiger partial charge < -0.3 is 5.11 Å². The molecule has 0 radical (unpaired) electrons. The highest BCUT2D eigenvalue weighted by Gasteiger charge is 2.25. The molecule has 0 saturated carbocycles. The average Bonchev–Trinajstić information content (AvgIpc) is 2.36. The summed E-state index contributed by atoms with van der Waals surface area (Å²) < 4.78 is 14.6. The average molecular weight is 337 g/mol. The Kier molecular flexibility index (Phi) is 4.31. The third-order valence-electron chi connectivity index (χ3n) is 3.67. The topological polar surface area (TPSA) is 20.2 Å². The number of rotatable bonds is 3. The Morgan fingerprint density at radius 1 is 1.10 bits per heavy atom. The van der Waals surface area contributed by atoms with Gasteiger partial charge >= 0.3 is 0 Å². The first-order valence-corrected chi connectivity index (χ1v) is 7.33. The highest BCUT2D eigenvalue weighted by atomic mass is 79.9. The molecule has 0 amide bonds. The second kappa shape index (κ2) is 5.66. The maximum absolute atomic E-state index is 13.8. The molecule has 0 heterocycles. The fourth-order valence-corrected chi connectivity index (χ4v) is 2.64. The van der Waals surface area contributed by atoms with Gasteiger partial charge in [0, 0.05) is 10.9 Å². The van der Waals surface area contributed by atoms with Crippen LogP contribution in [0.3, 0.4) is 0 Å². The molecule has 3 heteroatoms. The molecule has 0 saturated heterocycles. The normalized spacial score (nSPS) is 14.1. The third kappa shape index (κ3) is 3.28. The Bertz CT molecular complexity index is 635. The van der Waals surface area contributed by atoms with Crippen molar-refractivity contribution in [2.75, 3.05) is 0 Å². The van der Waals surface area contributed by atoms with E-state index in [9.17, 15) is 9.50 Å². The fraction of sp³-hybridized carbons (Fsp3) is 0.294. The van der Waals surface area contributed by atoms with Gasteiger partial charge in [-0.3, -0.25) is 0 Å². The van der Waals surface area contributed by atoms with Gasteiger partial charge in [-0.25, -0.2) is 4.39 Å². The number of halogens is 2. The van der Waals surface area contributed by atoms with Gasteiger partial charge in [-0.05, 0) is 61.2 Å². The molecule has 1 atom stereocenters. The molecule has 1 unspecified atom stereocenters. The van der Waals surface area contributed by atoms with Crippen LogP contribution < -0.4 is 0 Å². The minimum Gasteiger partial charge on any atom is -0.385 e. The summed E-state index contributed by atoms with van der Waals surface area (Å²) in [6.07, 6.45) is 0.237. The lowest BCUT2D eigenvalue weighted by Crippen LogP contribution is -2.25. The molecule has 106 valence electrons. The summed E-state index contributed by atoms with van der Waals surface area (Å²) in [4.78, 5) is 0. The number of hydrogen-bond acceptors (Lipinski definition) is 1. The molecule has 20 heavy (non-hydrogen) atoms. The van der Waals surface area contributed by atoms with Gasteiger partial charge in [-0.2, -0.15) is 0 Å². The molecule has 0 aromatic heterocycles. The lowest BCUT2D eigenvalue weighted by Gasteiger charge is -2.25. The minimum absolute atomic E-state index is 0.237. The van der Waals surface area contributed by atoms with Crippen molar-refractivity contribution in [3.05, 3.63) is 68.9 Å². The van der Waals surface area contributed by atoms with E-state index in [1.54, 1.807) is 19.1 Å². The molecule has 0 aliphatic rings. The van der Waals surface area contributed by atoms with Gasteiger partial charge in [0.2, 0.25) is 0 Å². The highest BCUT2D eigenvalue weighted by Crippen LogP contribution is 2.29. The smallest absolute Gasteiger partial charge is 0.126 e. The standard InChI is InChI=1S/C17H18BrFO/c1-11-4-5-14(8-12(11)2)17(3,20)10-13-9-15(18)6-7-16(13)19/h4-9,20H,10H2,1-3H3. The SMILES string of the molecule is Cc1ccc(C(C)(O)Cc2cc(Br)ccc2F)cc1C. The van der Waals surface area contributed by atoms with Crippen molar-refractivity contribution >= 4 is 15.9 Å². The van der Waals surface area contributed by atoms with Crippen molar-refractivity contribution in [3.63, 3.8) is 0 Å². The summed E-state index contributed by atoms with van der Waals surface area (Å²) in [5, 5.41) is 10.7. The Morgan fingerprint density at radius 2 is 1.80 bits per heavy atom. The zero-order valence-corrected chi connectivity index (χ0v) is 13.5. The summed E-state index contributed by atoms with van der Waals surface area (Å²) in [5.74, 6) is -0.294. The predicted octanol–water partition coefficient (Wildman–Crippen LogP) is 4.66. The highest BCUT2D eigenvalue weighted by molar-refractivity contribution is 9.10. The van der Waals surface area contributed by atoms with Gasteiger partial charge in [-0.15, -0.1) is 0 Å². The zero-order valence-electron chi connectivity index (χ0n) is 11.9. The first-order chi connectivity index (χ1) is 9.29. The molecule has 0 spiro atoms. The van der Waals surface area contributed by atoms with E-state index in [1.807, 2.05) is 32.0 Å². The number of aryl methyl sites for hydroxylation is 2. The van der Waals surface area contributed by atoms with Crippen molar-refractivity contribution in [1.29, 1.82) is 0 Å². The molecule has 1 N–H and O–H groups in total. The van der Waals surface area contributed by atoms with E-state index in [0.717, 1.165) is 15.6 Å². The van der Waals surface area contributed by atoms with Crippen LogP contribution in [0, 0.1) is 19.7 Å². The first-order valence-electron chi connectivity index (χ1n) is 6.53. The lowest BCUT2D eigenvalue weighted by atomic mass is 9.87. The van der Waals surface area contributed by atoms with Crippen LogP contribution in [0.15, 0.2) is 40.9 Å². The second-order valence-electron chi connectivity index (χ2n) is 5.49. The molecule has 1 nitrogen and oxygen atoms in total. The Hall–Kier alpha value is -1.19. The van der Waals surface area contributed by atoms with Crippen molar-refractivity contribution in [2.24, 2.45) is 0 Å². The molecule has 2 aromatic carbocycles. The van der Waals surface area contributed by atoms with E-state index in [2.05, 4.69) is 15.9 Å². The first kappa shape index (κ1) is 15.2. The van der Waals surface area contributed by atoms with Gasteiger partial charge in [0.15, 0.2) is 0 Å². The van der Waals surface area contributed by atoms with Gasteiger partial charge in [-0.1, -0.05) is 34.1 Å². The predicted molar refractivity (Wildman–Crippen MR) is 83.3 cm³/mol. The molecular formula is C17H18BrFO. The van der Waals surface area contributed by atoms with Crippen LogP contribution in [0.4, 0.5) is 4.39 Å². The fourth-order valence-electron chi connectivity index (χ4n) is 2.23. The quantitative estimate of drug-likeness (QED) is 0.864. The summed E-state index contributed by atoms with van der Waals surface area (Å²) in [7, 11) is 0. The van der Waals surface area contributed by atoms with Gasteiger partial charge in [0.25, 0.3) is 0 Å². The van der Waals surface area contributed by atoms with Crippen LogP contribution >= 0.6 is 15.9 Å². The molecule has 2 rings (SSSR count). The van der Waals surface area contributed by atoms with E-state index in [4.69, 9.17) is 0 Å². The Labute approximate surface area is 127 Å². The minimum atomic E-state index is -1.10. The zero-order chi connectivity index (χ0) is 14.9. The largest absolute Gasteiger partial charge is 0.385 e. The summed E-state index contributed by atoms with van der Waals surface area (Å²) in [6, 6.07) is 10.6. The summed E-state index contributed by atoms with van der Waals surface area (Å²) in [6.45, 7) is 5.76. The number of aliphatic hydroxyl groups is 1. The molecule has 2 aromatic rings. The van der Waals surface area contributed by atoms with E-state index >= 15 is 0 Å².